The Morgan fingerprint density at radius 2 is 2.14 bits per heavy atom. The molecule has 0 N–H and O–H groups in total. The number of benzene rings is 1. The molecule has 0 fully saturated rings. The van der Waals surface area contributed by atoms with Gasteiger partial charge in [0, 0.05) is 18.2 Å². The highest BCUT2D eigenvalue weighted by atomic mass is 16.6. The summed E-state index contributed by atoms with van der Waals surface area (Å²) in [5, 5.41) is 10.7. The van der Waals surface area contributed by atoms with Crippen molar-refractivity contribution in [3.05, 3.63) is 50.4 Å². The molecular formula is C14H13NO6. The fourth-order valence-electron chi connectivity index (χ4n) is 1.74. The maximum atomic E-state index is 11.9. The van der Waals surface area contributed by atoms with Gasteiger partial charge in [-0.2, -0.15) is 0 Å². The van der Waals surface area contributed by atoms with Crippen LogP contribution in [0, 0.1) is 10.1 Å². The first kappa shape index (κ1) is 14.7. The summed E-state index contributed by atoms with van der Waals surface area (Å²) < 4.78 is 10.2. The van der Waals surface area contributed by atoms with Gasteiger partial charge in [0.25, 0.3) is 5.69 Å². The average Bonchev–Trinajstić information content (AvgIpc) is 2.46. The first-order valence-corrected chi connectivity index (χ1v) is 6.42. The molecule has 2 aromatic rings. The van der Waals surface area contributed by atoms with Crippen LogP contribution in [0.15, 0.2) is 33.5 Å². The third-order valence-corrected chi connectivity index (χ3v) is 2.85. The van der Waals surface area contributed by atoms with E-state index in [4.69, 9.17) is 9.15 Å². The van der Waals surface area contributed by atoms with Gasteiger partial charge in [0.1, 0.15) is 5.58 Å². The van der Waals surface area contributed by atoms with Crippen LogP contribution in [0.1, 0.15) is 30.3 Å². The molecule has 0 unspecified atom stereocenters. The molecule has 0 saturated carbocycles. The Hall–Kier alpha value is -2.70. The number of non-ortho nitro benzene ring substituents is 1. The molecule has 0 aliphatic rings. The van der Waals surface area contributed by atoms with Crippen molar-refractivity contribution in [2.24, 2.45) is 0 Å². The number of nitro benzene ring substituents is 1. The zero-order valence-electron chi connectivity index (χ0n) is 11.3. The SMILES string of the molecule is CCCCOC(=O)c1cc(=O)c2cc([N+](=O)[O-])ccc2o1. The lowest BCUT2D eigenvalue weighted by molar-refractivity contribution is -0.384. The molecule has 1 heterocycles. The van der Waals surface area contributed by atoms with E-state index in [-0.39, 0.29) is 29.0 Å². The minimum absolute atomic E-state index is 0.0503. The van der Waals surface area contributed by atoms with Gasteiger partial charge >= 0.3 is 5.97 Å². The van der Waals surface area contributed by atoms with Crippen LogP contribution in [0.4, 0.5) is 5.69 Å². The van der Waals surface area contributed by atoms with Crippen LogP contribution in [0.2, 0.25) is 0 Å². The Kier molecular flexibility index (Phi) is 4.32. The predicted octanol–water partition coefficient (Wildman–Crippen LogP) is 2.66. The Morgan fingerprint density at radius 3 is 2.81 bits per heavy atom. The van der Waals surface area contributed by atoms with E-state index >= 15 is 0 Å². The molecule has 2 rings (SSSR count). The van der Waals surface area contributed by atoms with Gasteiger partial charge in [-0.3, -0.25) is 14.9 Å². The van der Waals surface area contributed by atoms with E-state index in [2.05, 4.69) is 0 Å². The highest BCUT2D eigenvalue weighted by molar-refractivity contribution is 5.89. The third kappa shape index (κ3) is 3.25. The molecule has 0 spiro atoms. The summed E-state index contributed by atoms with van der Waals surface area (Å²) in [6.07, 6.45) is 1.59. The zero-order chi connectivity index (χ0) is 15.4. The lowest BCUT2D eigenvalue weighted by Crippen LogP contribution is -2.11. The maximum Gasteiger partial charge on any atom is 0.374 e. The smallest absolute Gasteiger partial charge is 0.374 e. The normalized spacial score (nSPS) is 10.5. The topological polar surface area (TPSA) is 99.7 Å². The molecule has 0 bridgehead atoms. The van der Waals surface area contributed by atoms with E-state index in [9.17, 15) is 19.7 Å². The molecule has 0 aliphatic heterocycles. The van der Waals surface area contributed by atoms with Crippen LogP contribution < -0.4 is 5.43 Å². The van der Waals surface area contributed by atoms with E-state index in [0.29, 0.717) is 0 Å². The number of ether oxygens (including phenoxy) is 1. The molecule has 0 atom stereocenters. The molecule has 7 heteroatoms. The van der Waals surface area contributed by atoms with E-state index in [0.717, 1.165) is 25.0 Å². The van der Waals surface area contributed by atoms with E-state index in [1.807, 2.05) is 6.92 Å². The van der Waals surface area contributed by atoms with Gasteiger partial charge in [-0.05, 0) is 12.5 Å². The first-order chi connectivity index (χ1) is 10.0. The minimum Gasteiger partial charge on any atom is -0.460 e. The van der Waals surface area contributed by atoms with Crippen molar-refractivity contribution in [2.45, 2.75) is 19.8 Å². The molecule has 0 aliphatic carbocycles. The monoisotopic (exact) mass is 291 g/mol. The number of esters is 1. The largest absolute Gasteiger partial charge is 0.460 e. The predicted molar refractivity (Wildman–Crippen MR) is 74.3 cm³/mol. The number of hydrogen-bond donors (Lipinski definition) is 0. The summed E-state index contributed by atoms with van der Waals surface area (Å²) in [6.45, 7) is 2.20. The number of unbranched alkanes of at least 4 members (excludes halogenated alkanes) is 1. The lowest BCUT2D eigenvalue weighted by atomic mass is 10.2. The standard InChI is InChI=1S/C14H13NO6/c1-2-3-6-20-14(17)13-8-11(16)10-7-9(15(18)19)4-5-12(10)21-13/h4-5,7-8H,2-3,6H2,1H3. The summed E-state index contributed by atoms with van der Waals surface area (Å²) in [6, 6.07) is 4.60. The Labute approximate surface area is 119 Å². The average molecular weight is 291 g/mol. The van der Waals surface area contributed by atoms with Crippen molar-refractivity contribution in [1.82, 2.24) is 0 Å². The van der Waals surface area contributed by atoms with E-state index in [1.54, 1.807) is 0 Å². The van der Waals surface area contributed by atoms with Gasteiger partial charge in [0.15, 0.2) is 5.43 Å². The molecule has 0 saturated heterocycles. The quantitative estimate of drug-likeness (QED) is 0.363. The summed E-state index contributed by atoms with van der Waals surface area (Å²) >= 11 is 0. The molecule has 110 valence electrons. The summed E-state index contributed by atoms with van der Waals surface area (Å²) in [7, 11) is 0. The van der Waals surface area contributed by atoms with Gasteiger partial charge in [0.05, 0.1) is 16.9 Å². The van der Waals surface area contributed by atoms with Crippen LogP contribution in [-0.2, 0) is 4.74 Å². The summed E-state index contributed by atoms with van der Waals surface area (Å²) in [5.41, 5.74) is -0.633. The number of rotatable bonds is 5. The third-order valence-electron chi connectivity index (χ3n) is 2.85. The summed E-state index contributed by atoms with van der Waals surface area (Å²) in [5.74, 6) is -0.932. The van der Waals surface area contributed by atoms with Gasteiger partial charge in [-0.1, -0.05) is 13.3 Å². The number of carbonyl (C=O) groups excluding carboxylic acids is 1. The fourth-order valence-corrected chi connectivity index (χ4v) is 1.74. The highest BCUT2D eigenvalue weighted by Gasteiger charge is 2.15. The van der Waals surface area contributed by atoms with Gasteiger partial charge in [0.2, 0.25) is 5.76 Å². The molecule has 21 heavy (non-hydrogen) atoms. The van der Waals surface area contributed by atoms with Gasteiger partial charge in [-0.15, -0.1) is 0 Å². The lowest BCUT2D eigenvalue weighted by Gasteiger charge is -2.04. The van der Waals surface area contributed by atoms with Crippen LogP contribution >= 0.6 is 0 Å². The first-order valence-electron chi connectivity index (χ1n) is 6.42. The fraction of sp³-hybridized carbons (Fsp3) is 0.286. The number of fused-ring (bicyclic) bond motifs is 1. The van der Waals surface area contributed by atoms with E-state index in [1.165, 1.54) is 12.1 Å². The molecule has 0 amide bonds. The molecule has 7 nitrogen and oxygen atoms in total. The second kappa shape index (κ2) is 6.17. The Morgan fingerprint density at radius 1 is 1.38 bits per heavy atom. The Balaban J connectivity index is 2.37. The number of nitro groups is 1. The van der Waals surface area contributed by atoms with E-state index < -0.39 is 16.3 Å². The zero-order valence-corrected chi connectivity index (χ0v) is 11.3. The number of nitrogens with zero attached hydrogens (tertiary/aromatic N) is 1. The second-order valence-electron chi connectivity index (χ2n) is 4.40. The van der Waals surface area contributed by atoms with Crippen molar-refractivity contribution >= 4 is 22.6 Å². The van der Waals surface area contributed by atoms with Crippen LogP contribution in [0.5, 0.6) is 0 Å². The highest BCUT2D eigenvalue weighted by Crippen LogP contribution is 2.19. The number of hydrogen-bond acceptors (Lipinski definition) is 6. The second-order valence-corrected chi connectivity index (χ2v) is 4.40. The van der Waals surface area contributed by atoms with Gasteiger partial charge in [-0.25, -0.2) is 4.79 Å². The van der Waals surface area contributed by atoms with Crippen LogP contribution in [-0.4, -0.2) is 17.5 Å². The van der Waals surface area contributed by atoms with Crippen molar-refractivity contribution < 1.29 is 18.9 Å². The Bertz CT molecular complexity index is 749. The maximum absolute atomic E-state index is 11.9. The molecule has 1 aromatic carbocycles. The van der Waals surface area contributed by atoms with Crippen molar-refractivity contribution in [3.63, 3.8) is 0 Å². The van der Waals surface area contributed by atoms with Crippen molar-refractivity contribution in [3.8, 4) is 0 Å². The molecule has 1 aromatic heterocycles. The number of carbonyl (C=O) groups is 1. The van der Waals surface area contributed by atoms with Gasteiger partial charge < -0.3 is 9.15 Å². The van der Waals surface area contributed by atoms with Crippen LogP contribution in [0.3, 0.4) is 0 Å². The van der Waals surface area contributed by atoms with Crippen LogP contribution in [0.25, 0.3) is 11.0 Å². The van der Waals surface area contributed by atoms with Crippen molar-refractivity contribution in [1.29, 1.82) is 0 Å². The molecule has 0 radical (unpaired) electrons. The summed E-state index contributed by atoms with van der Waals surface area (Å²) in [4.78, 5) is 33.7. The van der Waals surface area contributed by atoms with Crippen molar-refractivity contribution in [2.75, 3.05) is 6.61 Å². The molecular weight excluding hydrogens is 278 g/mol. The minimum atomic E-state index is -0.721.